The van der Waals surface area contributed by atoms with Gasteiger partial charge in [-0.05, 0) is 43.2 Å². The normalized spacial score (nSPS) is 11.6. The molecule has 0 spiro atoms. The number of nitriles is 1. The van der Waals surface area contributed by atoms with Gasteiger partial charge < -0.3 is 10.5 Å². The van der Waals surface area contributed by atoms with Crippen molar-refractivity contribution in [2.75, 3.05) is 6.61 Å². The van der Waals surface area contributed by atoms with Gasteiger partial charge in [-0.3, -0.25) is 0 Å². The molecule has 0 aliphatic carbocycles. The van der Waals surface area contributed by atoms with E-state index < -0.39 is 0 Å². The van der Waals surface area contributed by atoms with Crippen molar-refractivity contribution in [3.63, 3.8) is 0 Å². The van der Waals surface area contributed by atoms with E-state index in [0.717, 1.165) is 11.3 Å². The maximum atomic E-state index is 8.88. The van der Waals surface area contributed by atoms with Crippen LogP contribution < -0.4 is 10.5 Å². The van der Waals surface area contributed by atoms with Gasteiger partial charge in [0.1, 0.15) is 5.75 Å². The van der Waals surface area contributed by atoms with Crippen LogP contribution in [-0.4, -0.2) is 6.61 Å². The fourth-order valence-electron chi connectivity index (χ4n) is 1.40. The molecule has 2 N–H and O–H groups in total. The molecule has 0 aliphatic rings. The van der Waals surface area contributed by atoms with E-state index in [1.165, 1.54) is 0 Å². The van der Waals surface area contributed by atoms with Crippen LogP contribution in [0.25, 0.3) is 5.70 Å². The largest absolute Gasteiger partial charge is 0.494 e. The average Bonchev–Trinajstić information content (AvgIpc) is 2.32. The van der Waals surface area contributed by atoms with E-state index in [4.69, 9.17) is 15.7 Å². The molecule has 0 aliphatic heterocycles. The van der Waals surface area contributed by atoms with Gasteiger partial charge in [0.15, 0.2) is 0 Å². The lowest BCUT2D eigenvalue weighted by Crippen LogP contribution is -2.00. The fraction of sp³-hybridized carbons (Fsp3) is 0.308. The molecule has 0 bridgehead atoms. The monoisotopic (exact) mass is 216 g/mol. The molecule has 0 atom stereocenters. The highest BCUT2D eigenvalue weighted by Gasteiger charge is 2.03. The number of rotatable bonds is 4. The Morgan fingerprint density at radius 2 is 1.94 bits per heavy atom. The summed E-state index contributed by atoms with van der Waals surface area (Å²) < 4.78 is 5.33. The highest BCUT2D eigenvalue weighted by Crippen LogP contribution is 2.19. The topological polar surface area (TPSA) is 59.0 Å². The number of hydrogen-bond donors (Lipinski definition) is 1. The summed E-state index contributed by atoms with van der Waals surface area (Å²) in [5.74, 6) is 0.814. The highest BCUT2D eigenvalue weighted by molar-refractivity contribution is 5.69. The zero-order chi connectivity index (χ0) is 12.0. The Morgan fingerprint density at radius 3 is 2.38 bits per heavy atom. The van der Waals surface area contributed by atoms with Gasteiger partial charge in [-0.2, -0.15) is 5.26 Å². The molecule has 0 heterocycles. The van der Waals surface area contributed by atoms with Gasteiger partial charge in [0.05, 0.1) is 23.9 Å². The van der Waals surface area contributed by atoms with Gasteiger partial charge in [-0.25, -0.2) is 0 Å². The van der Waals surface area contributed by atoms with Gasteiger partial charge in [0.25, 0.3) is 0 Å². The van der Waals surface area contributed by atoms with Crippen LogP contribution in [0.1, 0.15) is 25.8 Å². The average molecular weight is 216 g/mol. The lowest BCUT2D eigenvalue weighted by atomic mass is 10.1. The van der Waals surface area contributed by atoms with Crippen molar-refractivity contribution in [3.05, 3.63) is 35.4 Å². The SMILES string of the molecule is CCOc1ccc(/C(N)=C(\C#N)CC)cc1. The summed E-state index contributed by atoms with van der Waals surface area (Å²) in [5.41, 5.74) is 7.93. The van der Waals surface area contributed by atoms with E-state index in [-0.39, 0.29) is 0 Å². The Bertz CT molecular complexity index is 413. The summed E-state index contributed by atoms with van der Waals surface area (Å²) in [5, 5.41) is 8.88. The molecule has 0 fully saturated rings. The van der Waals surface area contributed by atoms with Crippen LogP contribution in [0.3, 0.4) is 0 Å². The fourth-order valence-corrected chi connectivity index (χ4v) is 1.40. The third-order valence-electron chi connectivity index (χ3n) is 2.29. The lowest BCUT2D eigenvalue weighted by Gasteiger charge is -2.06. The van der Waals surface area contributed by atoms with Crippen molar-refractivity contribution in [2.24, 2.45) is 5.73 Å². The Kier molecular flexibility index (Phi) is 4.41. The van der Waals surface area contributed by atoms with Crippen molar-refractivity contribution in [3.8, 4) is 11.8 Å². The molecule has 0 saturated heterocycles. The summed E-state index contributed by atoms with van der Waals surface area (Å²) >= 11 is 0. The van der Waals surface area contributed by atoms with E-state index >= 15 is 0 Å². The Morgan fingerprint density at radius 1 is 1.31 bits per heavy atom. The van der Waals surface area contributed by atoms with Crippen LogP contribution in [-0.2, 0) is 0 Å². The summed E-state index contributed by atoms with van der Waals surface area (Å²) in [6.07, 6.45) is 0.648. The molecule has 1 aromatic rings. The van der Waals surface area contributed by atoms with Crippen molar-refractivity contribution in [2.45, 2.75) is 20.3 Å². The smallest absolute Gasteiger partial charge is 0.119 e. The summed E-state index contributed by atoms with van der Waals surface area (Å²) in [4.78, 5) is 0. The summed E-state index contributed by atoms with van der Waals surface area (Å²) in [7, 11) is 0. The number of hydrogen-bond acceptors (Lipinski definition) is 3. The maximum Gasteiger partial charge on any atom is 0.119 e. The van der Waals surface area contributed by atoms with Crippen LogP contribution >= 0.6 is 0 Å². The molecule has 0 aromatic heterocycles. The molecule has 0 unspecified atom stereocenters. The first kappa shape index (κ1) is 12.1. The van der Waals surface area contributed by atoms with Crippen molar-refractivity contribution >= 4 is 5.70 Å². The molecule has 0 radical (unpaired) electrons. The first-order chi connectivity index (χ1) is 7.72. The third-order valence-corrected chi connectivity index (χ3v) is 2.29. The minimum atomic E-state index is 0.549. The summed E-state index contributed by atoms with van der Waals surface area (Å²) in [6, 6.07) is 9.56. The molecule has 1 rings (SSSR count). The minimum absolute atomic E-state index is 0.549. The summed E-state index contributed by atoms with van der Waals surface area (Å²) in [6.45, 7) is 4.50. The second-order valence-electron chi connectivity index (χ2n) is 3.31. The molecular weight excluding hydrogens is 200 g/mol. The van der Waals surface area contributed by atoms with Gasteiger partial charge in [0.2, 0.25) is 0 Å². The Labute approximate surface area is 96.1 Å². The van der Waals surface area contributed by atoms with E-state index in [1.807, 2.05) is 38.1 Å². The number of ether oxygens (including phenoxy) is 1. The highest BCUT2D eigenvalue weighted by atomic mass is 16.5. The molecule has 3 heteroatoms. The van der Waals surface area contributed by atoms with Crippen LogP contribution in [0.2, 0.25) is 0 Å². The van der Waals surface area contributed by atoms with Gasteiger partial charge >= 0.3 is 0 Å². The lowest BCUT2D eigenvalue weighted by molar-refractivity contribution is 0.340. The second-order valence-corrected chi connectivity index (χ2v) is 3.31. The van der Waals surface area contributed by atoms with Crippen LogP contribution in [0.4, 0.5) is 0 Å². The Hall–Kier alpha value is -1.95. The van der Waals surface area contributed by atoms with Gasteiger partial charge in [0, 0.05) is 0 Å². The van der Waals surface area contributed by atoms with E-state index in [9.17, 15) is 0 Å². The first-order valence-corrected chi connectivity index (χ1v) is 5.34. The first-order valence-electron chi connectivity index (χ1n) is 5.34. The Balaban J connectivity index is 2.98. The predicted molar refractivity (Wildman–Crippen MR) is 64.6 cm³/mol. The molecular formula is C13H16N2O. The minimum Gasteiger partial charge on any atom is -0.494 e. The number of allylic oxidation sites excluding steroid dienone is 1. The van der Waals surface area contributed by atoms with Crippen molar-refractivity contribution in [1.82, 2.24) is 0 Å². The van der Waals surface area contributed by atoms with Crippen LogP contribution in [0.15, 0.2) is 29.8 Å². The molecule has 0 amide bonds. The van der Waals surface area contributed by atoms with Gasteiger partial charge in [-0.15, -0.1) is 0 Å². The quantitative estimate of drug-likeness (QED) is 0.787. The molecule has 3 nitrogen and oxygen atoms in total. The van der Waals surface area contributed by atoms with E-state index in [2.05, 4.69) is 6.07 Å². The molecule has 16 heavy (non-hydrogen) atoms. The predicted octanol–water partition coefficient (Wildman–Crippen LogP) is 2.69. The van der Waals surface area contributed by atoms with Crippen LogP contribution in [0.5, 0.6) is 5.75 Å². The number of nitrogens with zero attached hydrogens (tertiary/aromatic N) is 1. The number of nitrogens with two attached hydrogens (primary N) is 1. The van der Waals surface area contributed by atoms with Crippen molar-refractivity contribution in [1.29, 1.82) is 5.26 Å². The van der Waals surface area contributed by atoms with Gasteiger partial charge in [-0.1, -0.05) is 6.92 Å². The third kappa shape index (κ3) is 2.77. The number of benzene rings is 1. The molecule has 84 valence electrons. The molecule has 0 saturated carbocycles. The molecule has 1 aromatic carbocycles. The van der Waals surface area contributed by atoms with E-state index in [0.29, 0.717) is 24.3 Å². The second kappa shape index (κ2) is 5.82. The standard InChI is InChI=1S/C13H16N2O/c1-3-10(9-14)13(15)11-5-7-12(8-6-11)16-4-2/h5-8H,3-4,15H2,1-2H3/b13-10+. The van der Waals surface area contributed by atoms with Crippen LogP contribution in [0, 0.1) is 11.3 Å². The van der Waals surface area contributed by atoms with E-state index in [1.54, 1.807) is 0 Å². The van der Waals surface area contributed by atoms with Crippen molar-refractivity contribution < 1.29 is 4.74 Å². The zero-order valence-corrected chi connectivity index (χ0v) is 9.66. The zero-order valence-electron chi connectivity index (χ0n) is 9.66. The maximum absolute atomic E-state index is 8.88.